The van der Waals surface area contributed by atoms with Gasteiger partial charge in [0, 0.05) is 16.5 Å². The number of hydrogen-bond acceptors (Lipinski definition) is 3. The van der Waals surface area contributed by atoms with Crippen molar-refractivity contribution in [2.45, 2.75) is 0 Å². The van der Waals surface area contributed by atoms with E-state index in [1.807, 2.05) is 36.4 Å². The molecule has 0 fully saturated rings. The van der Waals surface area contributed by atoms with Crippen LogP contribution in [-0.2, 0) is 0 Å². The van der Waals surface area contributed by atoms with Crippen molar-refractivity contribution >= 4 is 38.9 Å². The van der Waals surface area contributed by atoms with Gasteiger partial charge in [0.2, 0.25) is 0 Å². The lowest BCUT2D eigenvalue weighted by atomic mass is 9.97. The minimum atomic E-state index is 0.778. The average Bonchev–Trinajstić information content (AvgIpc) is 3.54. The number of para-hydroxylation sites is 5. The van der Waals surface area contributed by atoms with Crippen molar-refractivity contribution < 1.29 is 9.47 Å². The van der Waals surface area contributed by atoms with E-state index in [9.17, 15) is 0 Å². The quantitative estimate of drug-likeness (QED) is 0.187. The molecule has 0 amide bonds. The second-order valence-corrected chi connectivity index (χ2v) is 13.4. The van der Waals surface area contributed by atoms with Gasteiger partial charge in [0.15, 0.2) is 23.0 Å². The topological polar surface area (TPSA) is 26.6 Å². The molecule has 0 radical (unpaired) electrons. The maximum atomic E-state index is 6.52. The maximum absolute atomic E-state index is 6.52. The molecule has 8 aromatic carbocycles. The summed E-state index contributed by atoms with van der Waals surface area (Å²) in [6.07, 6.45) is 0. The lowest BCUT2D eigenvalue weighted by Crippen LogP contribution is -2.20. The molecule has 3 heterocycles. The maximum Gasteiger partial charge on any atom is 0.156 e. The zero-order valence-electron chi connectivity index (χ0n) is 28.0. The molecule has 11 rings (SSSR count). The summed E-state index contributed by atoms with van der Waals surface area (Å²) in [6.45, 7) is 0. The van der Waals surface area contributed by atoms with E-state index < -0.39 is 0 Å². The van der Waals surface area contributed by atoms with Crippen LogP contribution in [0, 0.1) is 0 Å². The van der Waals surface area contributed by atoms with E-state index in [2.05, 4.69) is 155 Å². The molecule has 0 N–H and O–H groups in total. The summed E-state index contributed by atoms with van der Waals surface area (Å²) in [7, 11) is 0. The minimum Gasteiger partial charge on any atom is -0.453 e. The predicted molar refractivity (Wildman–Crippen MR) is 212 cm³/mol. The van der Waals surface area contributed by atoms with Crippen molar-refractivity contribution in [3.8, 4) is 62.1 Å². The van der Waals surface area contributed by atoms with Crippen LogP contribution in [0.15, 0.2) is 182 Å². The monoisotopic (exact) mass is 666 g/mol. The molecule has 52 heavy (non-hydrogen) atoms. The molecule has 2 aliphatic rings. The number of hydrogen-bond donors (Lipinski definition) is 0. The molecule has 0 atom stereocenters. The van der Waals surface area contributed by atoms with Gasteiger partial charge in [-0.25, -0.2) is 0 Å². The molecule has 0 unspecified atom stereocenters. The molecule has 1 aromatic heterocycles. The number of aromatic nitrogens is 1. The standard InChI is InChI=1S/C48H30N2O2/c1-3-11-31(12-4-1)34-23-25-40-38(27-34)39-28-35(24-26-41(39)49(40)37-13-5-2-6-14-37)32-19-21-33(22-20-32)36-29-46-48-47(30-36)52-45-18-10-8-16-43(45)50(48)42-15-7-9-17-44(42)51-46/h1-30H. The van der Waals surface area contributed by atoms with Crippen LogP contribution in [0.25, 0.3) is 60.9 Å². The summed E-state index contributed by atoms with van der Waals surface area (Å²) in [4.78, 5) is 2.25. The van der Waals surface area contributed by atoms with Gasteiger partial charge >= 0.3 is 0 Å². The van der Waals surface area contributed by atoms with Crippen LogP contribution in [-0.4, -0.2) is 4.57 Å². The van der Waals surface area contributed by atoms with E-state index in [1.165, 1.54) is 38.5 Å². The predicted octanol–water partition coefficient (Wildman–Crippen LogP) is 13.5. The normalized spacial score (nSPS) is 12.5. The van der Waals surface area contributed by atoms with Crippen molar-refractivity contribution in [1.82, 2.24) is 4.57 Å². The first-order chi connectivity index (χ1) is 25.8. The van der Waals surface area contributed by atoms with Gasteiger partial charge in [-0.05, 0) is 106 Å². The smallest absolute Gasteiger partial charge is 0.156 e. The Bertz CT molecular complexity index is 2770. The Kier molecular flexibility index (Phi) is 6.22. The van der Waals surface area contributed by atoms with Crippen molar-refractivity contribution in [2.75, 3.05) is 4.90 Å². The molecule has 0 spiro atoms. The fourth-order valence-electron chi connectivity index (χ4n) is 7.91. The van der Waals surface area contributed by atoms with Crippen molar-refractivity contribution in [3.05, 3.63) is 182 Å². The number of rotatable bonds is 4. The van der Waals surface area contributed by atoms with E-state index >= 15 is 0 Å². The number of anilines is 3. The van der Waals surface area contributed by atoms with Crippen molar-refractivity contribution in [2.24, 2.45) is 0 Å². The van der Waals surface area contributed by atoms with Crippen LogP contribution < -0.4 is 14.4 Å². The van der Waals surface area contributed by atoms with Gasteiger partial charge in [0.05, 0.1) is 22.4 Å². The lowest BCUT2D eigenvalue weighted by molar-refractivity contribution is 0.446. The largest absolute Gasteiger partial charge is 0.453 e. The second-order valence-electron chi connectivity index (χ2n) is 13.4. The molecule has 4 heteroatoms. The fourth-order valence-corrected chi connectivity index (χ4v) is 7.91. The Morgan fingerprint density at radius 2 is 0.769 bits per heavy atom. The molecule has 9 aromatic rings. The van der Waals surface area contributed by atoms with Gasteiger partial charge in [0.1, 0.15) is 5.69 Å². The Morgan fingerprint density at radius 3 is 1.33 bits per heavy atom. The van der Waals surface area contributed by atoms with E-state index in [0.717, 1.165) is 62.4 Å². The zero-order valence-corrected chi connectivity index (χ0v) is 28.0. The first kappa shape index (κ1) is 28.8. The summed E-state index contributed by atoms with van der Waals surface area (Å²) in [5.41, 5.74) is 13.3. The Labute approximate surface area is 301 Å². The van der Waals surface area contributed by atoms with Gasteiger partial charge in [-0.15, -0.1) is 0 Å². The fraction of sp³-hybridized carbons (Fsp3) is 0. The molecule has 0 saturated heterocycles. The van der Waals surface area contributed by atoms with E-state index in [-0.39, 0.29) is 0 Å². The number of ether oxygens (including phenoxy) is 2. The van der Waals surface area contributed by atoms with Crippen molar-refractivity contribution in [1.29, 1.82) is 0 Å². The molecule has 244 valence electrons. The van der Waals surface area contributed by atoms with Crippen LogP contribution in [0.2, 0.25) is 0 Å². The molecule has 2 aliphatic heterocycles. The first-order valence-electron chi connectivity index (χ1n) is 17.6. The summed E-state index contributed by atoms with van der Waals surface area (Å²) in [5.74, 6) is 3.20. The highest BCUT2D eigenvalue weighted by atomic mass is 16.5. The molecule has 0 bridgehead atoms. The third-order valence-electron chi connectivity index (χ3n) is 10.4. The van der Waals surface area contributed by atoms with Crippen LogP contribution in [0.1, 0.15) is 0 Å². The minimum absolute atomic E-state index is 0.778. The summed E-state index contributed by atoms with van der Waals surface area (Å²) in [6, 6.07) is 64.3. The first-order valence-corrected chi connectivity index (χ1v) is 17.6. The summed E-state index contributed by atoms with van der Waals surface area (Å²) in [5, 5.41) is 2.46. The Balaban J connectivity index is 1.01. The van der Waals surface area contributed by atoms with Crippen LogP contribution in [0.4, 0.5) is 17.1 Å². The highest BCUT2D eigenvalue weighted by Gasteiger charge is 2.34. The van der Waals surface area contributed by atoms with Gasteiger partial charge in [0.25, 0.3) is 0 Å². The van der Waals surface area contributed by atoms with Crippen LogP contribution in [0.5, 0.6) is 23.0 Å². The van der Waals surface area contributed by atoms with E-state index in [0.29, 0.717) is 0 Å². The highest BCUT2D eigenvalue weighted by Crippen LogP contribution is 2.60. The molecule has 0 saturated carbocycles. The number of nitrogens with zero attached hydrogens (tertiary/aromatic N) is 2. The van der Waals surface area contributed by atoms with Gasteiger partial charge in [-0.3, -0.25) is 4.90 Å². The van der Waals surface area contributed by atoms with E-state index in [1.54, 1.807) is 0 Å². The van der Waals surface area contributed by atoms with Gasteiger partial charge < -0.3 is 14.0 Å². The average molecular weight is 667 g/mol. The zero-order chi connectivity index (χ0) is 34.2. The summed E-state index contributed by atoms with van der Waals surface area (Å²) >= 11 is 0. The van der Waals surface area contributed by atoms with Crippen LogP contribution >= 0.6 is 0 Å². The summed E-state index contributed by atoms with van der Waals surface area (Å²) < 4.78 is 15.4. The second kappa shape index (κ2) is 11.2. The highest BCUT2D eigenvalue weighted by molar-refractivity contribution is 6.11. The molecular formula is C48H30N2O2. The molecule has 4 nitrogen and oxygen atoms in total. The van der Waals surface area contributed by atoms with E-state index in [4.69, 9.17) is 9.47 Å². The Hall–Kier alpha value is -7.04. The number of fused-ring (bicyclic) bond motifs is 7. The van der Waals surface area contributed by atoms with Crippen molar-refractivity contribution in [3.63, 3.8) is 0 Å². The third kappa shape index (κ3) is 4.41. The van der Waals surface area contributed by atoms with Gasteiger partial charge in [-0.1, -0.05) is 109 Å². The number of benzene rings is 8. The third-order valence-corrected chi connectivity index (χ3v) is 10.4. The SMILES string of the molecule is c1ccc(-c2ccc3c(c2)c2cc(-c4ccc(-c5cc6c7c(c5)Oc5ccccc5N7c5ccccc5O6)cc4)ccc2n3-c2ccccc2)cc1. The Morgan fingerprint density at radius 1 is 0.327 bits per heavy atom. The molecule has 0 aliphatic carbocycles. The lowest BCUT2D eigenvalue weighted by Gasteiger charge is -2.38. The van der Waals surface area contributed by atoms with Gasteiger partial charge in [-0.2, -0.15) is 0 Å². The molecular weight excluding hydrogens is 637 g/mol. The van der Waals surface area contributed by atoms with Crippen LogP contribution in [0.3, 0.4) is 0 Å².